The van der Waals surface area contributed by atoms with E-state index in [-0.39, 0.29) is 10.7 Å². The molecule has 4 rings (SSSR count). The fourth-order valence-corrected chi connectivity index (χ4v) is 6.36. The van der Waals surface area contributed by atoms with E-state index < -0.39 is 5.92 Å². The maximum absolute atomic E-state index is 13.4. The number of thioether (sulfide) groups is 1. The third-order valence-corrected chi connectivity index (χ3v) is 8.05. The van der Waals surface area contributed by atoms with Gasteiger partial charge < -0.3 is 9.30 Å². The smallest absolute Gasteiger partial charge is 0.315 e. The number of aromatic nitrogens is 2. The molecule has 0 spiro atoms. The van der Waals surface area contributed by atoms with Crippen molar-refractivity contribution in [1.82, 2.24) is 9.55 Å². The van der Waals surface area contributed by atoms with Gasteiger partial charge in [-0.25, -0.2) is 4.98 Å². The van der Waals surface area contributed by atoms with Gasteiger partial charge in [-0.15, -0.1) is 11.8 Å². The van der Waals surface area contributed by atoms with E-state index in [0.29, 0.717) is 13.0 Å². The first kappa shape index (κ1) is 26.4. The summed E-state index contributed by atoms with van der Waals surface area (Å²) in [4.78, 5) is 20.2. The molecule has 0 saturated carbocycles. The molecule has 0 aliphatic carbocycles. The summed E-state index contributed by atoms with van der Waals surface area (Å²) in [6.45, 7) is 10.9. The molecule has 188 valence electrons. The second-order valence-electron chi connectivity index (χ2n) is 9.94. The lowest BCUT2D eigenvalue weighted by Crippen LogP contribution is -2.22. The Hall–Kier alpha value is -2.70. The Balaban J connectivity index is 1.85. The number of aryl methyl sites for hydroxylation is 2. The quantitative estimate of drug-likeness (QED) is 0.176. The van der Waals surface area contributed by atoms with E-state index in [1.165, 1.54) is 0 Å². The number of benzene rings is 2. The van der Waals surface area contributed by atoms with E-state index in [1.807, 2.05) is 50.0 Å². The first-order chi connectivity index (χ1) is 17.2. The summed E-state index contributed by atoms with van der Waals surface area (Å²) in [5, 5.41) is 2.13. The third kappa shape index (κ3) is 6.16. The van der Waals surface area contributed by atoms with Crippen molar-refractivity contribution >= 4 is 40.4 Å². The van der Waals surface area contributed by atoms with Crippen LogP contribution in [0.1, 0.15) is 50.4 Å². The fraction of sp³-hybridized carbons (Fsp3) is 0.333. The summed E-state index contributed by atoms with van der Waals surface area (Å²) < 4.78 is 7.76. The zero-order valence-corrected chi connectivity index (χ0v) is 23.5. The highest BCUT2D eigenvalue weighted by Crippen LogP contribution is 2.45. The molecular weight excluding hydrogens is 484 g/mol. The zero-order chi connectivity index (χ0) is 25.9. The van der Waals surface area contributed by atoms with Crippen LogP contribution in [0, 0.1) is 6.92 Å². The number of nitrogens with zero attached hydrogens (tertiary/aromatic N) is 2. The molecule has 0 aliphatic heterocycles. The third-order valence-electron chi connectivity index (χ3n) is 5.87. The van der Waals surface area contributed by atoms with Gasteiger partial charge in [0.25, 0.3) is 0 Å². The second-order valence-corrected chi connectivity index (χ2v) is 12.9. The van der Waals surface area contributed by atoms with Crippen LogP contribution in [0.4, 0.5) is 0 Å². The molecule has 1 atom stereocenters. The molecule has 0 amide bonds. The van der Waals surface area contributed by atoms with Gasteiger partial charge in [-0.05, 0) is 55.7 Å². The molecule has 2 aromatic carbocycles. The maximum atomic E-state index is 13.4. The zero-order valence-electron chi connectivity index (χ0n) is 21.9. The van der Waals surface area contributed by atoms with Gasteiger partial charge in [0.05, 0.1) is 6.61 Å². The summed E-state index contributed by atoms with van der Waals surface area (Å²) in [6.07, 6.45) is 2.49. The van der Waals surface area contributed by atoms with Gasteiger partial charge >= 0.3 is 5.97 Å². The molecule has 0 radical (unpaired) electrons. The predicted molar refractivity (Wildman–Crippen MR) is 151 cm³/mol. The lowest BCUT2D eigenvalue weighted by molar-refractivity contribution is -0.145. The maximum Gasteiger partial charge on any atom is 0.315 e. The molecule has 2 aromatic heterocycles. The number of esters is 1. The number of carbonyl (C=O) groups excluding carboxylic acids is 1. The van der Waals surface area contributed by atoms with Crippen molar-refractivity contribution < 1.29 is 9.53 Å². The van der Waals surface area contributed by atoms with Gasteiger partial charge in [0.15, 0.2) is 0 Å². The highest BCUT2D eigenvalue weighted by atomic mass is 32.2. The number of hydrogen-bond donors (Lipinski definition) is 0. The van der Waals surface area contributed by atoms with Crippen LogP contribution < -0.4 is 0 Å². The highest BCUT2D eigenvalue weighted by molar-refractivity contribution is 8.01. The highest BCUT2D eigenvalue weighted by Gasteiger charge is 2.32. The number of fused-ring (bicyclic) bond motifs is 1. The minimum Gasteiger partial charge on any atom is -0.465 e. The first-order valence-corrected chi connectivity index (χ1v) is 13.9. The Morgan fingerprint density at radius 1 is 1.08 bits per heavy atom. The van der Waals surface area contributed by atoms with E-state index in [4.69, 9.17) is 4.74 Å². The summed E-state index contributed by atoms with van der Waals surface area (Å²) in [7, 11) is 2.07. The molecule has 0 saturated heterocycles. The molecule has 2 heterocycles. The normalized spacial score (nSPS) is 12.6. The minimum atomic E-state index is -0.399. The van der Waals surface area contributed by atoms with Crippen LogP contribution in [-0.2, 0) is 23.0 Å². The molecule has 4 nitrogen and oxygen atoms in total. The molecule has 0 aliphatic rings. The average molecular weight is 519 g/mol. The van der Waals surface area contributed by atoms with E-state index in [0.717, 1.165) is 42.5 Å². The van der Waals surface area contributed by atoms with Crippen molar-refractivity contribution in [1.29, 1.82) is 0 Å². The van der Waals surface area contributed by atoms with Gasteiger partial charge in [0, 0.05) is 44.4 Å². The fourth-order valence-electron chi connectivity index (χ4n) is 4.30. The van der Waals surface area contributed by atoms with Gasteiger partial charge in [-0.3, -0.25) is 4.79 Å². The summed E-state index contributed by atoms with van der Waals surface area (Å²) >= 11 is 3.47. The van der Waals surface area contributed by atoms with Crippen molar-refractivity contribution in [3.8, 4) is 0 Å². The van der Waals surface area contributed by atoms with E-state index in [1.54, 1.807) is 11.8 Å². The van der Waals surface area contributed by atoms with Gasteiger partial charge in [0.2, 0.25) is 0 Å². The van der Waals surface area contributed by atoms with Crippen LogP contribution in [0.5, 0.6) is 0 Å². The van der Waals surface area contributed by atoms with Crippen molar-refractivity contribution in [2.75, 3.05) is 6.61 Å². The molecule has 1 unspecified atom stereocenters. The first-order valence-electron chi connectivity index (χ1n) is 12.3. The number of hydrogen-bond acceptors (Lipinski definition) is 5. The number of carbonyl (C=O) groups is 1. The van der Waals surface area contributed by atoms with Crippen LogP contribution in [0.25, 0.3) is 10.9 Å². The van der Waals surface area contributed by atoms with Crippen LogP contribution in [0.3, 0.4) is 0 Å². The number of ether oxygens (including phenoxy) is 1. The molecule has 0 fully saturated rings. The molecule has 4 aromatic rings. The van der Waals surface area contributed by atoms with E-state index in [2.05, 4.69) is 79.8 Å². The summed E-state index contributed by atoms with van der Waals surface area (Å²) in [5.41, 5.74) is 4.40. The van der Waals surface area contributed by atoms with Crippen LogP contribution in [-0.4, -0.2) is 26.9 Å². The van der Waals surface area contributed by atoms with Gasteiger partial charge in [-0.2, -0.15) is 0 Å². The monoisotopic (exact) mass is 518 g/mol. The topological polar surface area (TPSA) is 44.1 Å². The van der Waals surface area contributed by atoms with E-state index >= 15 is 0 Å². The van der Waals surface area contributed by atoms with Crippen LogP contribution >= 0.6 is 23.5 Å². The Bertz CT molecular complexity index is 1340. The Morgan fingerprint density at radius 2 is 1.83 bits per heavy atom. The van der Waals surface area contributed by atoms with Crippen LogP contribution in [0.15, 0.2) is 81.7 Å². The molecular formula is C30H34N2O2S2. The predicted octanol–water partition coefficient (Wildman–Crippen LogP) is 7.81. The lowest BCUT2D eigenvalue weighted by atomic mass is 9.96. The number of pyridine rings is 1. The molecule has 0 bridgehead atoms. The Kier molecular flexibility index (Phi) is 8.16. The average Bonchev–Trinajstić information content (AvgIpc) is 3.09. The largest absolute Gasteiger partial charge is 0.465 e. The molecule has 6 heteroatoms. The van der Waals surface area contributed by atoms with E-state index in [9.17, 15) is 4.79 Å². The number of rotatable bonds is 8. The molecule has 36 heavy (non-hydrogen) atoms. The van der Waals surface area contributed by atoms with Crippen LogP contribution in [0.2, 0.25) is 0 Å². The lowest BCUT2D eigenvalue weighted by Gasteiger charge is -2.23. The second kappa shape index (κ2) is 11.1. The minimum absolute atomic E-state index is 0.0311. The Labute approximate surface area is 222 Å². The Morgan fingerprint density at radius 3 is 2.47 bits per heavy atom. The SMILES string of the molecule is CCOC(=O)C(Cc1ccccc1)c1c(SC(C)(C)C)c2cc(Sc3ccc(C)cn3)ccc2n1C. The van der Waals surface area contributed by atoms with Crippen molar-refractivity contribution in [2.45, 2.75) is 66.5 Å². The molecule has 0 N–H and O–H groups in total. The van der Waals surface area contributed by atoms with Gasteiger partial charge in [0.1, 0.15) is 10.9 Å². The standard InChI is InChI=1S/C30H34N2O2S2/c1-7-34-29(33)24(17-21-11-9-8-10-12-21)27-28(36-30(3,4)5)23-18-22(14-15-25(23)32(27)6)35-26-16-13-20(2)19-31-26/h8-16,18-19,24H,7,17H2,1-6H3. The summed E-state index contributed by atoms with van der Waals surface area (Å²) in [6, 6.07) is 20.9. The van der Waals surface area contributed by atoms with Gasteiger partial charge in [-0.1, -0.05) is 68.9 Å². The van der Waals surface area contributed by atoms with Crippen molar-refractivity contribution in [3.05, 3.63) is 83.7 Å². The van der Waals surface area contributed by atoms with Crippen molar-refractivity contribution in [3.63, 3.8) is 0 Å². The summed E-state index contributed by atoms with van der Waals surface area (Å²) in [5.74, 6) is -0.578. The van der Waals surface area contributed by atoms with Crippen molar-refractivity contribution in [2.24, 2.45) is 7.05 Å².